The zero-order valence-electron chi connectivity index (χ0n) is 12.5. The van der Waals surface area contributed by atoms with Gasteiger partial charge in [-0.05, 0) is 35.9 Å². The summed E-state index contributed by atoms with van der Waals surface area (Å²) in [5.41, 5.74) is 12.3. The molecule has 0 fully saturated rings. The number of nitrogens with two attached hydrogens (primary N) is 2. The van der Waals surface area contributed by atoms with Gasteiger partial charge in [0.25, 0.3) is 5.91 Å². The Morgan fingerprint density at radius 2 is 1.88 bits per heavy atom. The Morgan fingerprint density at radius 3 is 2.54 bits per heavy atom. The van der Waals surface area contributed by atoms with Crippen LogP contribution in [0, 0.1) is 0 Å². The largest absolute Gasteiger partial charge is 0.416 e. The molecule has 0 saturated carbocycles. The summed E-state index contributed by atoms with van der Waals surface area (Å²) >= 11 is 0. The first-order chi connectivity index (χ1) is 11.3. The number of nitrogen functional groups attached to an aromatic ring is 1. The minimum absolute atomic E-state index is 0.178. The van der Waals surface area contributed by atoms with Crippen molar-refractivity contribution in [1.82, 2.24) is 4.57 Å². The van der Waals surface area contributed by atoms with Gasteiger partial charge < -0.3 is 16.0 Å². The van der Waals surface area contributed by atoms with Crippen molar-refractivity contribution in [2.45, 2.75) is 12.7 Å². The normalized spacial score (nSPS) is 11.8. The molecule has 0 saturated heterocycles. The van der Waals surface area contributed by atoms with E-state index in [1.54, 1.807) is 28.8 Å². The van der Waals surface area contributed by atoms with Crippen molar-refractivity contribution in [3.05, 3.63) is 65.4 Å². The third-order valence-electron chi connectivity index (χ3n) is 3.78. The molecule has 1 amide bonds. The molecule has 0 aliphatic rings. The van der Waals surface area contributed by atoms with E-state index in [1.807, 2.05) is 0 Å². The van der Waals surface area contributed by atoms with E-state index in [2.05, 4.69) is 0 Å². The lowest BCUT2D eigenvalue weighted by atomic mass is 10.1. The maximum absolute atomic E-state index is 12.8. The molecule has 0 aliphatic carbocycles. The highest BCUT2D eigenvalue weighted by Crippen LogP contribution is 2.30. The monoisotopic (exact) mass is 333 g/mol. The zero-order valence-corrected chi connectivity index (χ0v) is 12.5. The molecule has 3 aromatic rings. The van der Waals surface area contributed by atoms with Gasteiger partial charge >= 0.3 is 6.18 Å². The summed E-state index contributed by atoms with van der Waals surface area (Å²) in [5.74, 6) is -0.617. The second kappa shape index (κ2) is 5.59. The van der Waals surface area contributed by atoms with Gasteiger partial charge in [-0.2, -0.15) is 13.2 Å². The second-order valence-corrected chi connectivity index (χ2v) is 5.51. The highest BCUT2D eigenvalue weighted by molar-refractivity contribution is 6.07. The molecule has 1 heterocycles. The minimum Gasteiger partial charge on any atom is -0.399 e. The number of fused-ring (bicyclic) bond motifs is 1. The number of alkyl halides is 3. The van der Waals surface area contributed by atoms with Gasteiger partial charge in [0.15, 0.2) is 0 Å². The van der Waals surface area contributed by atoms with E-state index in [1.165, 1.54) is 12.3 Å². The molecule has 7 heteroatoms. The number of aromatic nitrogens is 1. The van der Waals surface area contributed by atoms with Gasteiger partial charge in [0.2, 0.25) is 0 Å². The van der Waals surface area contributed by atoms with Crippen LogP contribution in [0.5, 0.6) is 0 Å². The van der Waals surface area contributed by atoms with Gasteiger partial charge in [0.05, 0.1) is 11.1 Å². The molecule has 0 unspecified atom stereocenters. The van der Waals surface area contributed by atoms with E-state index in [0.29, 0.717) is 22.2 Å². The maximum Gasteiger partial charge on any atom is 0.416 e. The summed E-state index contributed by atoms with van der Waals surface area (Å²) in [7, 11) is 0. The first-order valence-electron chi connectivity index (χ1n) is 7.10. The van der Waals surface area contributed by atoms with Crippen LogP contribution in [0.2, 0.25) is 0 Å². The quantitative estimate of drug-likeness (QED) is 0.721. The summed E-state index contributed by atoms with van der Waals surface area (Å²) in [4.78, 5) is 11.6. The van der Waals surface area contributed by atoms with Crippen molar-refractivity contribution in [3.63, 3.8) is 0 Å². The van der Waals surface area contributed by atoms with Crippen molar-refractivity contribution in [3.8, 4) is 0 Å². The molecule has 0 spiro atoms. The van der Waals surface area contributed by atoms with Crippen LogP contribution in [0.1, 0.15) is 21.5 Å². The molecular weight excluding hydrogens is 319 g/mol. The predicted molar refractivity (Wildman–Crippen MR) is 85.4 cm³/mol. The van der Waals surface area contributed by atoms with Crippen LogP contribution in [0.4, 0.5) is 18.9 Å². The molecule has 0 atom stereocenters. The molecule has 3 rings (SSSR count). The van der Waals surface area contributed by atoms with E-state index in [4.69, 9.17) is 11.5 Å². The van der Waals surface area contributed by atoms with E-state index in [9.17, 15) is 18.0 Å². The van der Waals surface area contributed by atoms with E-state index >= 15 is 0 Å². The number of halogens is 3. The van der Waals surface area contributed by atoms with Crippen LogP contribution in [-0.4, -0.2) is 10.5 Å². The average Bonchev–Trinajstić information content (AvgIpc) is 2.85. The van der Waals surface area contributed by atoms with Crippen LogP contribution in [0.15, 0.2) is 48.7 Å². The molecule has 24 heavy (non-hydrogen) atoms. The number of amides is 1. The highest BCUT2D eigenvalue weighted by atomic mass is 19.4. The first-order valence-corrected chi connectivity index (χ1v) is 7.10. The van der Waals surface area contributed by atoms with E-state index < -0.39 is 17.6 Å². The number of nitrogens with zero attached hydrogens (tertiary/aromatic N) is 1. The number of hydrogen-bond donors (Lipinski definition) is 2. The van der Waals surface area contributed by atoms with Crippen LogP contribution >= 0.6 is 0 Å². The van der Waals surface area contributed by atoms with Crippen molar-refractivity contribution in [2.75, 3.05) is 5.73 Å². The average molecular weight is 333 g/mol. The first kappa shape index (κ1) is 15.9. The molecule has 0 bridgehead atoms. The molecule has 0 radical (unpaired) electrons. The number of rotatable bonds is 3. The van der Waals surface area contributed by atoms with Crippen molar-refractivity contribution < 1.29 is 18.0 Å². The van der Waals surface area contributed by atoms with Crippen LogP contribution in [0.3, 0.4) is 0 Å². The topological polar surface area (TPSA) is 74.0 Å². The van der Waals surface area contributed by atoms with Crippen LogP contribution < -0.4 is 11.5 Å². The Bertz CT molecular complexity index is 928. The summed E-state index contributed by atoms with van der Waals surface area (Å²) in [6.07, 6.45) is -2.87. The second-order valence-electron chi connectivity index (χ2n) is 5.51. The molecule has 4 nitrogen and oxygen atoms in total. The number of benzene rings is 2. The number of hydrogen-bond acceptors (Lipinski definition) is 2. The molecule has 124 valence electrons. The summed E-state index contributed by atoms with van der Waals surface area (Å²) < 4.78 is 40.2. The van der Waals surface area contributed by atoms with Gasteiger partial charge in [-0.25, -0.2) is 0 Å². The van der Waals surface area contributed by atoms with Crippen molar-refractivity contribution in [2.24, 2.45) is 5.73 Å². The zero-order chi connectivity index (χ0) is 17.5. The number of anilines is 1. The maximum atomic E-state index is 12.8. The van der Waals surface area contributed by atoms with E-state index in [-0.39, 0.29) is 12.1 Å². The fraction of sp³-hybridized carbons (Fsp3) is 0.118. The van der Waals surface area contributed by atoms with E-state index in [0.717, 1.165) is 12.1 Å². The summed E-state index contributed by atoms with van der Waals surface area (Å²) in [5, 5.41) is 0.578. The Labute approximate surface area is 135 Å². The van der Waals surface area contributed by atoms with Crippen molar-refractivity contribution >= 4 is 22.5 Å². The molecule has 2 aromatic carbocycles. The van der Waals surface area contributed by atoms with Crippen LogP contribution in [-0.2, 0) is 12.7 Å². The number of carbonyl (C=O) groups excluding carboxylic acids is 1. The Morgan fingerprint density at radius 1 is 1.12 bits per heavy atom. The molecule has 0 aliphatic heterocycles. The Kier molecular flexibility index (Phi) is 3.71. The fourth-order valence-corrected chi connectivity index (χ4v) is 2.68. The van der Waals surface area contributed by atoms with Gasteiger partial charge in [-0.15, -0.1) is 0 Å². The SMILES string of the molecule is NC(=O)c1cn(Cc2cccc(C(F)(F)F)c2)c2ccc(N)cc12. The lowest BCUT2D eigenvalue weighted by Gasteiger charge is -2.10. The number of primary amides is 1. The van der Waals surface area contributed by atoms with Gasteiger partial charge in [0.1, 0.15) is 0 Å². The standard InChI is InChI=1S/C17H14F3N3O/c18-17(19,20)11-3-1-2-10(6-11)8-23-9-14(16(22)24)13-7-12(21)4-5-15(13)23/h1-7,9H,8,21H2,(H2,22,24). The minimum atomic E-state index is -4.40. The smallest absolute Gasteiger partial charge is 0.399 e. The predicted octanol–water partition coefficient (Wildman–Crippen LogP) is 3.39. The third kappa shape index (κ3) is 2.92. The molecule has 4 N–H and O–H groups in total. The van der Waals surface area contributed by atoms with Gasteiger partial charge in [0, 0.05) is 29.3 Å². The lowest BCUT2D eigenvalue weighted by Crippen LogP contribution is -2.10. The molecule has 1 aromatic heterocycles. The fourth-order valence-electron chi connectivity index (χ4n) is 2.68. The Balaban J connectivity index is 2.07. The van der Waals surface area contributed by atoms with Gasteiger partial charge in [-0.3, -0.25) is 4.79 Å². The Hall–Kier alpha value is -2.96. The lowest BCUT2D eigenvalue weighted by molar-refractivity contribution is -0.137. The van der Waals surface area contributed by atoms with Crippen LogP contribution in [0.25, 0.3) is 10.9 Å². The summed E-state index contributed by atoms with van der Waals surface area (Å²) in [6.45, 7) is 0.178. The number of carbonyl (C=O) groups is 1. The van der Waals surface area contributed by atoms with Gasteiger partial charge in [-0.1, -0.05) is 12.1 Å². The highest BCUT2D eigenvalue weighted by Gasteiger charge is 2.30. The summed E-state index contributed by atoms with van der Waals surface area (Å²) in [6, 6.07) is 10.1. The third-order valence-corrected chi connectivity index (χ3v) is 3.78. The molecular formula is C17H14F3N3O. The van der Waals surface area contributed by atoms with Crippen molar-refractivity contribution in [1.29, 1.82) is 0 Å².